The number of hydrogen-bond donors (Lipinski definition) is 1. The lowest BCUT2D eigenvalue weighted by atomic mass is 9.96. The molecule has 1 atom stereocenters. The van der Waals surface area contributed by atoms with E-state index in [-0.39, 0.29) is 21.9 Å². The van der Waals surface area contributed by atoms with Crippen LogP contribution in [0.5, 0.6) is 0 Å². The maximum atomic E-state index is 13.0. The molecular weight excluding hydrogens is 447 g/mol. The van der Waals surface area contributed by atoms with Crippen molar-refractivity contribution >= 4 is 57.9 Å². The molecule has 2 aromatic carbocycles. The second kappa shape index (κ2) is 8.11. The highest BCUT2D eigenvalue weighted by atomic mass is 35.5. The Balaban J connectivity index is 1.94. The van der Waals surface area contributed by atoms with Gasteiger partial charge in [0.2, 0.25) is 0 Å². The van der Waals surface area contributed by atoms with Crippen molar-refractivity contribution in [3.63, 3.8) is 0 Å². The van der Waals surface area contributed by atoms with Crippen LogP contribution in [0.3, 0.4) is 0 Å². The monoisotopic (exact) mass is 458 g/mol. The van der Waals surface area contributed by atoms with Crippen molar-refractivity contribution < 1.29 is 14.7 Å². The molecular formula is C22H13Cl3N2O3. The van der Waals surface area contributed by atoms with Crippen LogP contribution < -0.4 is 4.90 Å². The molecule has 1 saturated heterocycles. The number of carbonyl (C=O) groups is 2. The van der Waals surface area contributed by atoms with Crippen LogP contribution in [0, 0.1) is 0 Å². The van der Waals surface area contributed by atoms with Gasteiger partial charge in [-0.25, -0.2) is 0 Å². The van der Waals surface area contributed by atoms with Gasteiger partial charge in [-0.05, 0) is 60.2 Å². The number of aromatic nitrogens is 1. The number of aliphatic hydroxyl groups is 1. The Morgan fingerprint density at radius 3 is 2.20 bits per heavy atom. The molecule has 1 unspecified atom stereocenters. The van der Waals surface area contributed by atoms with E-state index in [0.29, 0.717) is 21.3 Å². The van der Waals surface area contributed by atoms with Gasteiger partial charge in [-0.3, -0.25) is 19.5 Å². The molecule has 1 aliphatic rings. The lowest BCUT2D eigenvalue weighted by Crippen LogP contribution is -2.29. The molecule has 0 bridgehead atoms. The molecule has 8 heteroatoms. The number of benzene rings is 2. The highest BCUT2D eigenvalue weighted by Gasteiger charge is 2.46. The predicted molar refractivity (Wildman–Crippen MR) is 117 cm³/mol. The summed E-state index contributed by atoms with van der Waals surface area (Å²) in [5, 5.41) is 12.0. The van der Waals surface area contributed by atoms with Gasteiger partial charge in [0.05, 0.1) is 21.7 Å². The van der Waals surface area contributed by atoms with Crippen molar-refractivity contribution in [3.8, 4) is 0 Å². The van der Waals surface area contributed by atoms with Crippen molar-refractivity contribution in [2.24, 2.45) is 0 Å². The number of amides is 1. The molecule has 1 N–H and O–H groups in total. The Bertz CT molecular complexity index is 1180. The van der Waals surface area contributed by atoms with Gasteiger partial charge in [-0.1, -0.05) is 34.8 Å². The van der Waals surface area contributed by atoms with Gasteiger partial charge in [0, 0.05) is 28.7 Å². The Labute approximate surface area is 187 Å². The average molecular weight is 460 g/mol. The number of ketones is 1. The smallest absolute Gasteiger partial charge is 0.300 e. The van der Waals surface area contributed by atoms with Gasteiger partial charge in [0.25, 0.3) is 11.7 Å². The zero-order chi connectivity index (χ0) is 21.4. The average Bonchev–Trinajstić information content (AvgIpc) is 3.02. The van der Waals surface area contributed by atoms with Crippen LogP contribution in [0.1, 0.15) is 17.2 Å². The SMILES string of the molecule is O=C1C(=O)N(c2ccc(Cl)cc2)C(c2ccncc2)/C1=C(/O)c1ccc(Cl)c(Cl)c1. The molecule has 0 spiro atoms. The van der Waals surface area contributed by atoms with Crippen molar-refractivity contribution in [3.05, 3.63) is 98.8 Å². The fourth-order valence-corrected chi connectivity index (χ4v) is 3.78. The van der Waals surface area contributed by atoms with Crippen molar-refractivity contribution in [1.29, 1.82) is 0 Å². The van der Waals surface area contributed by atoms with E-state index in [4.69, 9.17) is 34.8 Å². The van der Waals surface area contributed by atoms with E-state index >= 15 is 0 Å². The number of nitrogens with zero attached hydrogens (tertiary/aromatic N) is 2. The first-order valence-corrected chi connectivity index (χ1v) is 9.94. The third kappa shape index (κ3) is 3.56. The molecule has 1 fully saturated rings. The molecule has 1 amide bonds. The van der Waals surface area contributed by atoms with Crippen LogP contribution in [-0.2, 0) is 9.59 Å². The van der Waals surface area contributed by atoms with Gasteiger partial charge in [0.1, 0.15) is 5.76 Å². The zero-order valence-corrected chi connectivity index (χ0v) is 17.5. The Kier molecular flexibility index (Phi) is 5.52. The lowest BCUT2D eigenvalue weighted by Gasteiger charge is -2.25. The molecule has 4 rings (SSSR count). The normalized spacial score (nSPS) is 18.1. The standard InChI is InChI=1S/C22H13Cl3N2O3/c23-14-2-4-15(5-3-14)27-19(12-7-9-26-10-8-12)18(21(29)22(27)30)20(28)13-1-6-16(24)17(25)11-13/h1-11,19,28H/b20-18-. The van der Waals surface area contributed by atoms with Gasteiger partial charge < -0.3 is 5.11 Å². The Morgan fingerprint density at radius 2 is 1.57 bits per heavy atom. The Hall–Kier alpha value is -2.86. The van der Waals surface area contributed by atoms with Gasteiger partial charge in [0.15, 0.2) is 0 Å². The number of carbonyl (C=O) groups excluding carboxylic acids is 2. The highest BCUT2D eigenvalue weighted by Crippen LogP contribution is 2.42. The number of aliphatic hydroxyl groups excluding tert-OH is 1. The first-order chi connectivity index (χ1) is 14.4. The molecule has 3 aromatic rings. The topological polar surface area (TPSA) is 70.5 Å². The number of anilines is 1. The molecule has 1 aliphatic heterocycles. The van der Waals surface area contributed by atoms with Crippen molar-refractivity contribution in [2.45, 2.75) is 6.04 Å². The van der Waals surface area contributed by atoms with E-state index < -0.39 is 17.7 Å². The maximum Gasteiger partial charge on any atom is 0.300 e. The Morgan fingerprint density at radius 1 is 0.900 bits per heavy atom. The highest BCUT2D eigenvalue weighted by molar-refractivity contribution is 6.52. The van der Waals surface area contributed by atoms with Crippen LogP contribution in [0.2, 0.25) is 15.1 Å². The van der Waals surface area contributed by atoms with E-state index in [0.717, 1.165) is 0 Å². The summed E-state index contributed by atoms with van der Waals surface area (Å²) in [5.41, 5.74) is 1.30. The predicted octanol–water partition coefficient (Wildman–Crippen LogP) is 5.67. The molecule has 2 heterocycles. The molecule has 0 radical (unpaired) electrons. The fourth-order valence-electron chi connectivity index (χ4n) is 3.36. The summed E-state index contributed by atoms with van der Waals surface area (Å²) in [6.45, 7) is 0. The number of hydrogen-bond acceptors (Lipinski definition) is 4. The minimum atomic E-state index is -0.858. The molecule has 0 saturated carbocycles. The number of pyridine rings is 1. The summed E-state index contributed by atoms with van der Waals surface area (Å²) in [6, 6.07) is 13.5. The molecule has 30 heavy (non-hydrogen) atoms. The van der Waals surface area contributed by atoms with Crippen molar-refractivity contribution in [2.75, 3.05) is 4.90 Å². The van der Waals surface area contributed by atoms with E-state index in [1.807, 2.05) is 0 Å². The quantitative estimate of drug-likeness (QED) is 0.311. The van der Waals surface area contributed by atoms with E-state index in [1.165, 1.54) is 23.1 Å². The van der Waals surface area contributed by atoms with E-state index in [9.17, 15) is 14.7 Å². The number of Topliss-reactive ketones (excluding diaryl/α,β-unsaturated/α-hetero) is 1. The fraction of sp³-hybridized carbons (Fsp3) is 0.0455. The summed E-state index contributed by atoms with van der Waals surface area (Å²) < 4.78 is 0. The minimum Gasteiger partial charge on any atom is -0.507 e. The van der Waals surface area contributed by atoms with Gasteiger partial charge >= 0.3 is 0 Å². The lowest BCUT2D eigenvalue weighted by molar-refractivity contribution is -0.132. The van der Waals surface area contributed by atoms with Gasteiger partial charge in [-0.2, -0.15) is 0 Å². The van der Waals surface area contributed by atoms with Crippen LogP contribution in [0.4, 0.5) is 5.69 Å². The third-order valence-electron chi connectivity index (χ3n) is 4.76. The second-order valence-corrected chi connectivity index (χ2v) is 7.81. The molecule has 0 aliphatic carbocycles. The van der Waals surface area contributed by atoms with E-state index in [1.54, 1.807) is 48.8 Å². The largest absolute Gasteiger partial charge is 0.507 e. The first-order valence-electron chi connectivity index (χ1n) is 8.80. The zero-order valence-electron chi connectivity index (χ0n) is 15.2. The summed E-state index contributed by atoms with van der Waals surface area (Å²) in [6.07, 6.45) is 3.10. The molecule has 1 aromatic heterocycles. The summed E-state index contributed by atoms with van der Waals surface area (Å²) in [4.78, 5) is 31.3. The van der Waals surface area contributed by atoms with Crippen LogP contribution in [-0.4, -0.2) is 21.8 Å². The summed E-state index contributed by atoms with van der Waals surface area (Å²) in [7, 11) is 0. The first kappa shape index (κ1) is 20.4. The molecule has 5 nitrogen and oxygen atoms in total. The maximum absolute atomic E-state index is 13.0. The van der Waals surface area contributed by atoms with Crippen LogP contribution in [0.15, 0.2) is 72.6 Å². The van der Waals surface area contributed by atoms with Crippen molar-refractivity contribution in [1.82, 2.24) is 4.98 Å². The second-order valence-electron chi connectivity index (χ2n) is 6.55. The van der Waals surface area contributed by atoms with Crippen LogP contribution >= 0.6 is 34.8 Å². The number of rotatable bonds is 3. The molecule has 150 valence electrons. The number of halogens is 3. The summed E-state index contributed by atoms with van der Waals surface area (Å²) in [5.74, 6) is -1.92. The van der Waals surface area contributed by atoms with E-state index in [2.05, 4.69) is 4.98 Å². The van der Waals surface area contributed by atoms with Gasteiger partial charge in [-0.15, -0.1) is 0 Å². The minimum absolute atomic E-state index is 0.0560. The van der Waals surface area contributed by atoms with Crippen LogP contribution in [0.25, 0.3) is 5.76 Å². The summed E-state index contributed by atoms with van der Waals surface area (Å²) >= 11 is 18.0. The third-order valence-corrected chi connectivity index (χ3v) is 5.76.